The summed E-state index contributed by atoms with van der Waals surface area (Å²) in [4.78, 5) is 0. The number of hydrogen-bond acceptors (Lipinski definition) is 1. The molecule has 0 radical (unpaired) electrons. The van der Waals surface area contributed by atoms with Gasteiger partial charge >= 0.3 is 0 Å². The normalized spacial score (nSPS) is 20.3. The zero-order valence-electron chi connectivity index (χ0n) is 8.55. The van der Waals surface area contributed by atoms with Gasteiger partial charge in [-0.05, 0) is 30.4 Å². The fourth-order valence-corrected chi connectivity index (χ4v) is 2.20. The molecule has 0 heterocycles. The molecule has 1 N–H and O–H groups in total. The van der Waals surface area contributed by atoms with E-state index >= 15 is 0 Å². The van der Waals surface area contributed by atoms with Gasteiger partial charge in [0.15, 0.2) is 0 Å². The number of halogens is 2. The number of rotatable bonds is 3. The molecule has 1 atom stereocenters. The second kappa shape index (κ2) is 4.71. The van der Waals surface area contributed by atoms with Crippen LogP contribution in [0.4, 0.5) is 8.78 Å². The van der Waals surface area contributed by atoms with Gasteiger partial charge in [0.2, 0.25) is 0 Å². The molecule has 0 aromatic heterocycles. The van der Waals surface area contributed by atoms with Crippen LogP contribution in [0.15, 0.2) is 24.3 Å². The fraction of sp³-hybridized carbons (Fsp3) is 0.500. The summed E-state index contributed by atoms with van der Waals surface area (Å²) in [5.74, 6) is 0. The highest BCUT2D eigenvalue weighted by molar-refractivity contribution is 5.32. The molecule has 0 aliphatic heterocycles. The minimum atomic E-state index is -2.26. The van der Waals surface area contributed by atoms with Crippen LogP contribution < -0.4 is 5.32 Å². The molecule has 0 fully saturated rings. The number of benzene rings is 1. The van der Waals surface area contributed by atoms with E-state index in [4.69, 9.17) is 0 Å². The number of nitrogens with one attached hydrogen (secondary N) is 1. The maximum Gasteiger partial charge on any atom is 0.250 e. The molecule has 0 spiro atoms. The van der Waals surface area contributed by atoms with Crippen molar-refractivity contribution >= 4 is 0 Å². The Morgan fingerprint density at radius 1 is 1.33 bits per heavy atom. The van der Waals surface area contributed by atoms with E-state index in [0.717, 1.165) is 19.3 Å². The van der Waals surface area contributed by atoms with E-state index in [9.17, 15) is 8.78 Å². The van der Waals surface area contributed by atoms with Crippen molar-refractivity contribution in [3.63, 3.8) is 0 Å². The van der Waals surface area contributed by atoms with E-state index in [1.54, 1.807) is 0 Å². The van der Waals surface area contributed by atoms with Crippen molar-refractivity contribution < 1.29 is 8.78 Å². The third-order valence-electron chi connectivity index (χ3n) is 2.89. The van der Waals surface area contributed by atoms with Crippen molar-refractivity contribution in [3.05, 3.63) is 35.4 Å². The third-order valence-corrected chi connectivity index (χ3v) is 2.89. The first-order chi connectivity index (χ1) is 7.27. The predicted molar refractivity (Wildman–Crippen MR) is 56.1 cm³/mol. The van der Waals surface area contributed by atoms with Gasteiger partial charge in [0, 0.05) is 6.04 Å². The van der Waals surface area contributed by atoms with Gasteiger partial charge in [0.25, 0.3) is 6.43 Å². The number of hydrogen-bond donors (Lipinski definition) is 1. The molecule has 15 heavy (non-hydrogen) atoms. The highest BCUT2D eigenvalue weighted by atomic mass is 19.3. The number of aryl methyl sites for hydroxylation is 1. The van der Waals surface area contributed by atoms with Crippen LogP contribution in [0.25, 0.3) is 0 Å². The van der Waals surface area contributed by atoms with E-state index < -0.39 is 6.43 Å². The molecule has 0 bridgehead atoms. The number of alkyl halides is 2. The van der Waals surface area contributed by atoms with Gasteiger partial charge < -0.3 is 5.32 Å². The van der Waals surface area contributed by atoms with Crippen molar-refractivity contribution in [3.8, 4) is 0 Å². The first-order valence-corrected chi connectivity index (χ1v) is 5.36. The minimum Gasteiger partial charge on any atom is -0.305 e. The van der Waals surface area contributed by atoms with Crippen molar-refractivity contribution in [2.45, 2.75) is 31.7 Å². The minimum absolute atomic E-state index is 0.115. The summed E-state index contributed by atoms with van der Waals surface area (Å²) >= 11 is 0. The summed E-state index contributed by atoms with van der Waals surface area (Å²) in [6.45, 7) is -0.209. The highest BCUT2D eigenvalue weighted by Crippen LogP contribution is 2.29. The van der Waals surface area contributed by atoms with Crippen LogP contribution in [-0.2, 0) is 6.42 Å². The molecule has 1 nitrogen and oxygen atoms in total. The zero-order chi connectivity index (χ0) is 10.7. The Kier molecular flexibility index (Phi) is 3.31. The Morgan fingerprint density at radius 3 is 2.93 bits per heavy atom. The van der Waals surface area contributed by atoms with Gasteiger partial charge in [-0.2, -0.15) is 0 Å². The highest BCUT2D eigenvalue weighted by Gasteiger charge is 2.19. The zero-order valence-corrected chi connectivity index (χ0v) is 8.55. The van der Waals surface area contributed by atoms with Crippen molar-refractivity contribution in [1.29, 1.82) is 0 Å². The van der Waals surface area contributed by atoms with E-state index in [1.807, 2.05) is 18.2 Å². The molecule has 2 rings (SSSR count). The quantitative estimate of drug-likeness (QED) is 0.810. The Labute approximate surface area is 88.5 Å². The summed E-state index contributed by atoms with van der Waals surface area (Å²) in [5, 5.41) is 2.93. The van der Waals surface area contributed by atoms with Crippen LogP contribution in [0.1, 0.15) is 30.0 Å². The second-order valence-corrected chi connectivity index (χ2v) is 3.94. The molecule has 1 aliphatic carbocycles. The predicted octanol–water partition coefficient (Wildman–Crippen LogP) is 2.92. The average molecular weight is 211 g/mol. The standard InChI is InChI=1S/C12H15F2N/c13-12(14)8-15-11-7-3-5-9-4-1-2-6-10(9)11/h1-2,4,6,11-12,15H,3,5,7-8H2. The molecule has 82 valence electrons. The lowest BCUT2D eigenvalue weighted by Gasteiger charge is -2.26. The summed E-state index contributed by atoms with van der Waals surface area (Å²) in [5.41, 5.74) is 2.50. The van der Waals surface area contributed by atoms with Gasteiger partial charge in [0.05, 0.1) is 6.54 Å². The van der Waals surface area contributed by atoms with E-state index in [-0.39, 0.29) is 12.6 Å². The lowest BCUT2D eigenvalue weighted by atomic mass is 9.88. The average Bonchev–Trinajstić information content (AvgIpc) is 2.26. The summed E-state index contributed by atoms with van der Waals surface area (Å²) in [7, 11) is 0. The molecular formula is C12H15F2N. The maximum absolute atomic E-state index is 12.1. The molecule has 1 unspecified atom stereocenters. The lowest BCUT2D eigenvalue weighted by Crippen LogP contribution is -2.29. The largest absolute Gasteiger partial charge is 0.305 e. The van der Waals surface area contributed by atoms with Crippen molar-refractivity contribution in [2.24, 2.45) is 0 Å². The molecular weight excluding hydrogens is 196 g/mol. The summed E-state index contributed by atoms with van der Waals surface area (Å²) in [6.07, 6.45) is 0.851. The van der Waals surface area contributed by atoms with Crippen molar-refractivity contribution in [2.75, 3.05) is 6.54 Å². The molecule has 3 heteroatoms. The molecule has 1 aromatic rings. The summed E-state index contributed by atoms with van der Waals surface area (Å²) in [6, 6.07) is 8.22. The van der Waals surface area contributed by atoms with Gasteiger partial charge in [0.1, 0.15) is 0 Å². The molecule has 0 amide bonds. The Morgan fingerprint density at radius 2 is 2.13 bits per heavy atom. The Hall–Kier alpha value is -0.960. The Bertz CT molecular complexity index is 325. The van der Waals surface area contributed by atoms with Crippen LogP contribution in [0.2, 0.25) is 0 Å². The van der Waals surface area contributed by atoms with Crippen molar-refractivity contribution in [1.82, 2.24) is 5.32 Å². The fourth-order valence-electron chi connectivity index (χ4n) is 2.20. The van der Waals surface area contributed by atoms with Crippen LogP contribution in [0.3, 0.4) is 0 Å². The van der Waals surface area contributed by atoms with Crippen LogP contribution in [-0.4, -0.2) is 13.0 Å². The van der Waals surface area contributed by atoms with Crippen LogP contribution in [0, 0.1) is 0 Å². The Balaban J connectivity index is 2.08. The van der Waals surface area contributed by atoms with Gasteiger partial charge in [-0.25, -0.2) is 8.78 Å². The monoisotopic (exact) mass is 211 g/mol. The SMILES string of the molecule is FC(F)CNC1CCCc2ccccc21. The first kappa shape index (κ1) is 10.6. The van der Waals surface area contributed by atoms with Gasteiger partial charge in [-0.3, -0.25) is 0 Å². The lowest BCUT2D eigenvalue weighted by molar-refractivity contribution is 0.140. The topological polar surface area (TPSA) is 12.0 Å². The first-order valence-electron chi connectivity index (χ1n) is 5.36. The maximum atomic E-state index is 12.1. The van der Waals surface area contributed by atoms with Gasteiger partial charge in [-0.15, -0.1) is 0 Å². The van der Waals surface area contributed by atoms with E-state index in [2.05, 4.69) is 11.4 Å². The summed E-state index contributed by atoms with van der Waals surface area (Å²) < 4.78 is 24.2. The molecule has 0 saturated carbocycles. The third kappa shape index (κ3) is 2.53. The van der Waals surface area contributed by atoms with E-state index in [1.165, 1.54) is 11.1 Å². The van der Waals surface area contributed by atoms with Gasteiger partial charge in [-0.1, -0.05) is 24.3 Å². The smallest absolute Gasteiger partial charge is 0.250 e. The number of fused-ring (bicyclic) bond motifs is 1. The van der Waals surface area contributed by atoms with Crippen LogP contribution >= 0.6 is 0 Å². The van der Waals surface area contributed by atoms with E-state index in [0.29, 0.717) is 0 Å². The second-order valence-electron chi connectivity index (χ2n) is 3.94. The van der Waals surface area contributed by atoms with Crippen LogP contribution in [0.5, 0.6) is 0 Å². The molecule has 1 aromatic carbocycles. The molecule has 1 aliphatic rings. The molecule has 0 saturated heterocycles.